The fraction of sp³-hybridized carbons (Fsp3) is 0.219. The van der Waals surface area contributed by atoms with Crippen LogP contribution in [0.2, 0.25) is 0 Å². The van der Waals surface area contributed by atoms with Crippen molar-refractivity contribution in [3.63, 3.8) is 0 Å². The molecule has 0 bridgehead atoms. The quantitative estimate of drug-likeness (QED) is 0.145. The van der Waals surface area contributed by atoms with Gasteiger partial charge in [0.15, 0.2) is 17.3 Å². The Bertz CT molecular complexity index is 1580. The molecule has 1 saturated heterocycles. The standard InChI is InChI=1S/C32H30N2O7/c1-4-16-39-24-13-10-22(11-14-24)30(35)28-29(34(32(37)31(28)36)27-17-20(2)41-33-27)23-12-15-25(26(18-23)38-3)40-19-21-8-6-5-7-9-21/h5-15,17-18,29,35H,4,16,19H2,1-3H3. The van der Waals surface area contributed by atoms with Crippen LogP contribution in [0.25, 0.3) is 5.76 Å². The van der Waals surface area contributed by atoms with Crippen LogP contribution in [0.1, 0.15) is 41.8 Å². The topological polar surface area (TPSA) is 111 Å². The lowest BCUT2D eigenvalue weighted by Crippen LogP contribution is -2.29. The summed E-state index contributed by atoms with van der Waals surface area (Å²) in [5.74, 6) is 0.135. The molecule has 41 heavy (non-hydrogen) atoms. The number of aliphatic hydroxyl groups excluding tert-OH is 1. The fourth-order valence-corrected chi connectivity index (χ4v) is 4.64. The first-order valence-electron chi connectivity index (χ1n) is 13.2. The second-order valence-electron chi connectivity index (χ2n) is 9.52. The molecular formula is C32H30N2O7. The maximum atomic E-state index is 13.4. The molecule has 1 atom stereocenters. The van der Waals surface area contributed by atoms with Crippen molar-refractivity contribution >= 4 is 23.3 Å². The van der Waals surface area contributed by atoms with E-state index in [0.29, 0.717) is 47.3 Å². The third-order valence-corrected chi connectivity index (χ3v) is 6.65. The van der Waals surface area contributed by atoms with Gasteiger partial charge in [-0.15, -0.1) is 0 Å². The number of rotatable bonds is 10. The summed E-state index contributed by atoms with van der Waals surface area (Å²) in [6.07, 6.45) is 0.853. The van der Waals surface area contributed by atoms with E-state index in [-0.39, 0.29) is 17.2 Å². The van der Waals surface area contributed by atoms with Crippen molar-refractivity contribution in [1.29, 1.82) is 0 Å². The number of hydrogen-bond acceptors (Lipinski definition) is 8. The van der Waals surface area contributed by atoms with Crippen LogP contribution in [-0.4, -0.2) is 35.7 Å². The van der Waals surface area contributed by atoms with Crippen LogP contribution in [0.15, 0.2) is 89.0 Å². The summed E-state index contributed by atoms with van der Waals surface area (Å²) in [6.45, 7) is 4.57. The lowest BCUT2D eigenvalue weighted by molar-refractivity contribution is -0.132. The number of ketones is 1. The molecule has 0 aliphatic carbocycles. The van der Waals surface area contributed by atoms with Gasteiger partial charge in [-0.25, -0.2) is 0 Å². The summed E-state index contributed by atoms with van der Waals surface area (Å²) in [7, 11) is 1.51. The average molecular weight is 555 g/mol. The van der Waals surface area contributed by atoms with Crippen LogP contribution in [0.5, 0.6) is 17.2 Å². The number of aromatic nitrogens is 1. The van der Waals surface area contributed by atoms with Gasteiger partial charge < -0.3 is 23.8 Å². The molecule has 0 saturated carbocycles. The van der Waals surface area contributed by atoms with Gasteiger partial charge in [0, 0.05) is 11.6 Å². The number of nitrogens with zero attached hydrogens (tertiary/aromatic N) is 2. The number of hydrogen-bond donors (Lipinski definition) is 1. The van der Waals surface area contributed by atoms with Gasteiger partial charge in [0.1, 0.15) is 23.9 Å². The zero-order valence-corrected chi connectivity index (χ0v) is 23.0. The Kier molecular flexibility index (Phi) is 8.05. The number of aliphatic hydroxyl groups is 1. The maximum absolute atomic E-state index is 13.4. The Morgan fingerprint density at radius 3 is 2.39 bits per heavy atom. The Morgan fingerprint density at radius 1 is 0.976 bits per heavy atom. The molecule has 2 heterocycles. The number of methoxy groups -OCH3 is 1. The summed E-state index contributed by atoms with van der Waals surface area (Å²) in [5.41, 5.74) is 1.78. The molecular weight excluding hydrogens is 524 g/mol. The highest BCUT2D eigenvalue weighted by molar-refractivity contribution is 6.51. The van der Waals surface area contributed by atoms with Crippen LogP contribution in [-0.2, 0) is 16.2 Å². The van der Waals surface area contributed by atoms with Crippen LogP contribution in [0.3, 0.4) is 0 Å². The summed E-state index contributed by atoms with van der Waals surface area (Å²) in [6, 6.07) is 22.1. The van der Waals surface area contributed by atoms with Gasteiger partial charge in [-0.3, -0.25) is 14.5 Å². The van der Waals surface area contributed by atoms with Crippen molar-refractivity contribution in [2.45, 2.75) is 32.9 Å². The molecule has 210 valence electrons. The van der Waals surface area contributed by atoms with E-state index in [1.165, 1.54) is 12.0 Å². The van der Waals surface area contributed by atoms with Gasteiger partial charge in [-0.1, -0.05) is 48.5 Å². The van der Waals surface area contributed by atoms with Gasteiger partial charge in [0.25, 0.3) is 5.78 Å². The minimum Gasteiger partial charge on any atom is -0.507 e. The highest BCUT2D eigenvalue weighted by atomic mass is 16.5. The fourth-order valence-electron chi connectivity index (χ4n) is 4.64. The van der Waals surface area contributed by atoms with Crippen LogP contribution >= 0.6 is 0 Å². The Morgan fingerprint density at radius 2 is 1.73 bits per heavy atom. The first kappa shape index (κ1) is 27.5. The number of Topliss-reactive ketones (excluding diaryl/α,β-unsaturated/α-hetero) is 1. The van der Waals surface area contributed by atoms with Gasteiger partial charge in [-0.2, -0.15) is 0 Å². The number of benzene rings is 3. The van der Waals surface area contributed by atoms with Crippen molar-refractivity contribution in [2.24, 2.45) is 0 Å². The number of ether oxygens (including phenoxy) is 3. The molecule has 1 aliphatic heterocycles. The Labute approximate surface area is 237 Å². The van der Waals surface area contributed by atoms with Crippen molar-refractivity contribution < 1.29 is 33.4 Å². The van der Waals surface area contributed by atoms with Crippen LogP contribution < -0.4 is 19.1 Å². The zero-order chi connectivity index (χ0) is 28.9. The maximum Gasteiger partial charge on any atom is 0.301 e. The van der Waals surface area contributed by atoms with E-state index in [1.807, 2.05) is 37.3 Å². The lowest BCUT2D eigenvalue weighted by Gasteiger charge is -2.24. The Balaban J connectivity index is 1.57. The zero-order valence-electron chi connectivity index (χ0n) is 23.0. The van der Waals surface area contributed by atoms with E-state index in [1.54, 1.807) is 55.5 Å². The van der Waals surface area contributed by atoms with Crippen LogP contribution in [0, 0.1) is 6.92 Å². The molecule has 4 aromatic rings. The van der Waals surface area contributed by atoms with Gasteiger partial charge in [0.2, 0.25) is 0 Å². The molecule has 1 fully saturated rings. The second kappa shape index (κ2) is 12.0. The molecule has 5 rings (SSSR count). The van der Waals surface area contributed by atoms with Crippen molar-refractivity contribution in [3.05, 3.63) is 107 Å². The first-order chi connectivity index (χ1) is 19.9. The van der Waals surface area contributed by atoms with Gasteiger partial charge >= 0.3 is 5.91 Å². The van der Waals surface area contributed by atoms with Gasteiger partial charge in [0.05, 0.1) is 25.3 Å². The van der Waals surface area contributed by atoms with Crippen molar-refractivity contribution in [3.8, 4) is 17.2 Å². The largest absolute Gasteiger partial charge is 0.507 e. The smallest absolute Gasteiger partial charge is 0.301 e. The summed E-state index contributed by atoms with van der Waals surface area (Å²) < 4.78 is 22.5. The molecule has 0 spiro atoms. The third kappa shape index (κ3) is 5.65. The highest BCUT2D eigenvalue weighted by Crippen LogP contribution is 2.44. The summed E-state index contributed by atoms with van der Waals surface area (Å²) in [4.78, 5) is 28.0. The monoisotopic (exact) mass is 554 g/mol. The SMILES string of the molecule is CCCOc1ccc(C(O)=C2C(=O)C(=O)N(c3cc(C)on3)C2c2ccc(OCc3ccccc3)c(OC)c2)cc1. The molecule has 9 heteroatoms. The normalized spacial score (nSPS) is 16.2. The highest BCUT2D eigenvalue weighted by Gasteiger charge is 2.48. The molecule has 1 unspecified atom stereocenters. The van der Waals surface area contributed by atoms with E-state index < -0.39 is 17.7 Å². The summed E-state index contributed by atoms with van der Waals surface area (Å²) >= 11 is 0. The number of carbonyl (C=O) groups excluding carboxylic acids is 2. The third-order valence-electron chi connectivity index (χ3n) is 6.65. The minimum atomic E-state index is -1.01. The second-order valence-corrected chi connectivity index (χ2v) is 9.52. The number of aryl methyl sites for hydroxylation is 1. The average Bonchev–Trinajstić information content (AvgIpc) is 3.54. The molecule has 9 nitrogen and oxygen atoms in total. The van der Waals surface area contributed by atoms with E-state index in [2.05, 4.69) is 5.16 Å². The molecule has 0 radical (unpaired) electrons. The van der Waals surface area contributed by atoms with E-state index >= 15 is 0 Å². The number of anilines is 1. The number of amides is 1. The first-order valence-corrected chi connectivity index (χ1v) is 13.2. The van der Waals surface area contributed by atoms with Crippen molar-refractivity contribution in [2.75, 3.05) is 18.6 Å². The van der Waals surface area contributed by atoms with Crippen molar-refractivity contribution in [1.82, 2.24) is 5.16 Å². The molecule has 1 amide bonds. The summed E-state index contributed by atoms with van der Waals surface area (Å²) in [5, 5.41) is 15.4. The number of carbonyl (C=O) groups is 2. The molecule has 1 N–H and O–H groups in total. The Hall–Kier alpha value is -5.05. The van der Waals surface area contributed by atoms with Crippen LogP contribution in [0.4, 0.5) is 5.82 Å². The van der Waals surface area contributed by atoms with Gasteiger partial charge in [-0.05, 0) is 60.9 Å². The molecule has 1 aromatic heterocycles. The predicted molar refractivity (Wildman–Crippen MR) is 152 cm³/mol. The van der Waals surface area contributed by atoms with E-state index in [0.717, 1.165) is 12.0 Å². The molecule has 3 aromatic carbocycles. The predicted octanol–water partition coefficient (Wildman–Crippen LogP) is 5.99. The van der Waals surface area contributed by atoms with E-state index in [4.69, 9.17) is 18.7 Å². The lowest BCUT2D eigenvalue weighted by atomic mass is 9.95. The minimum absolute atomic E-state index is 0.0853. The molecule has 1 aliphatic rings. The van der Waals surface area contributed by atoms with E-state index in [9.17, 15) is 14.7 Å².